The minimum absolute atomic E-state index is 0.702. The van der Waals surface area contributed by atoms with Crippen molar-refractivity contribution < 1.29 is 0 Å². The monoisotopic (exact) mass is 213 g/mol. The van der Waals surface area contributed by atoms with Gasteiger partial charge >= 0.3 is 0 Å². The fourth-order valence-electron chi connectivity index (χ4n) is 2.10. The van der Waals surface area contributed by atoms with Crippen LogP contribution >= 0.6 is 0 Å². The summed E-state index contributed by atoms with van der Waals surface area (Å²) in [7, 11) is 4.46. The summed E-state index contributed by atoms with van der Waals surface area (Å²) in [5, 5.41) is 3.59. The van der Waals surface area contributed by atoms with E-state index in [1.54, 1.807) is 0 Å². The maximum atomic E-state index is 3.59. The van der Waals surface area contributed by atoms with Crippen LogP contribution in [0.2, 0.25) is 0 Å². The summed E-state index contributed by atoms with van der Waals surface area (Å²) in [5.41, 5.74) is 0. The minimum Gasteiger partial charge on any atom is -0.311 e. The number of rotatable bonds is 6. The van der Waals surface area contributed by atoms with Crippen molar-refractivity contribution in [1.82, 2.24) is 15.1 Å². The summed E-state index contributed by atoms with van der Waals surface area (Å²) in [4.78, 5) is 4.88. The van der Waals surface area contributed by atoms with Gasteiger partial charge < -0.3 is 15.1 Å². The molecular weight excluding hydrogens is 186 g/mol. The molecule has 1 atom stereocenters. The molecule has 1 heterocycles. The second kappa shape index (κ2) is 7.20. The van der Waals surface area contributed by atoms with E-state index in [2.05, 4.69) is 36.1 Å². The van der Waals surface area contributed by atoms with Gasteiger partial charge in [0.15, 0.2) is 0 Å². The molecule has 1 N–H and O–H groups in total. The standard InChI is InChI=1S/C12H27N3/c1-4-5-8-14(2)9-6-12-11-15(3)10-7-13-12/h12-13H,4-11H2,1-3H3. The fourth-order valence-corrected chi connectivity index (χ4v) is 2.10. The van der Waals surface area contributed by atoms with Gasteiger partial charge in [-0.05, 0) is 40.0 Å². The lowest BCUT2D eigenvalue weighted by atomic mass is 10.1. The molecule has 1 unspecified atom stereocenters. The van der Waals surface area contributed by atoms with Crippen molar-refractivity contribution in [2.24, 2.45) is 0 Å². The maximum Gasteiger partial charge on any atom is 0.0207 e. The van der Waals surface area contributed by atoms with Gasteiger partial charge in [-0.15, -0.1) is 0 Å². The van der Waals surface area contributed by atoms with Gasteiger partial charge in [0.1, 0.15) is 0 Å². The molecule has 0 aromatic rings. The van der Waals surface area contributed by atoms with E-state index in [1.165, 1.54) is 45.4 Å². The predicted octanol–water partition coefficient (Wildman–Crippen LogP) is 1.01. The smallest absolute Gasteiger partial charge is 0.0207 e. The van der Waals surface area contributed by atoms with Crippen LogP contribution in [0.1, 0.15) is 26.2 Å². The van der Waals surface area contributed by atoms with Crippen LogP contribution < -0.4 is 5.32 Å². The molecular formula is C12H27N3. The number of piperazine rings is 1. The number of nitrogens with zero attached hydrogens (tertiary/aromatic N) is 2. The average molecular weight is 213 g/mol. The van der Waals surface area contributed by atoms with Crippen molar-refractivity contribution >= 4 is 0 Å². The van der Waals surface area contributed by atoms with Gasteiger partial charge in [-0.1, -0.05) is 13.3 Å². The normalized spacial score (nSPS) is 23.6. The predicted molar refractivity (Wildman–Crippen MR) is 66.3 cm³/mol. The Kier molecular flexibility index (Phi) is 6.22. The highest BCUT2D eigenvalue weighted by molar-refractivity contribution is 4.77. The number of unbranched alkanes of at least 4 members (excludes halogenated alkanes) is 1. The molecule has 0 amide bonds. The molecule has 3 heteroatoms. The lowest BCUT2D eigenvalue weighted by Gasteiger charge is -2.32. The Hall–Kier alpha value is -0.120. The van der Waals surface area contributed by atoms with Crippen LogP contribution in [0.4, 0.5) is 0 Å². The number of nitrogens with one attached hydrogen (secondary N) is 1. The molecule has 1 aliphatic heterocycles. The molecule has 0 aromatic carbocycles. The maximum absolute atomic E-state index is 3.59. The Morgan fingerprint density at radius 2 is 2.20 bits per heavy atom. The van der Waals surface area contributed by atoms with Crippen molar-refractivity contribution in [3.63, 3.8) is 0 Å². The quantitative estimate of drug-likeness (QED) is 0.710. The second-order valence-electron chi connectivity index (χ2n) is 4.86. The van der Waals surface area contributed by atoms with E-state index in [1.807, 2.05) is 0 Å². The van der Waals surface area contributed by atoms with Crippen molar-refractivity contribution in [3.05, 3.63) is 0 Å². The number of likely N-dealkylation sites (N-methyl/N-ethyl adjacent to an activating group) is 1. The highest BCUT2D eigenvalue weighted by Gasteiger charge is 2.16. The summed E-state index contributed by atoms with van der Waals surface area (Å²) in [6.45, 7) is 8.29. The van der Waals surface area contributed by atoms with E-state index in [4.69, 9.17) is 0 Å². The topological polar surface area (TPSA) is 18.5 Å². The fraction of sp³-hybridized carbons (Fsp3) is 1.00. The first-order valence-electron chi connectivity index (χ1n) is 6.33. The third kappa shape index (κ3) is 5.50. The van der Waals surface area contributed by atoms with E-state index in [9.17, 15) is 0 Å². The van der Waals surface area contributed by atoms with Gasteiger partial charge in [-0.25, -0.2) is 0 Å². The van der Waals surface area contributed by atoms with Gasteiger partial charge in [0.2, 0.25) is 0 Å². The molecule has 1 aliphatic rings. The molecule has 15 heavy (non-hydrogen) atoms. The highest BCUT2D eigenvalue weighted by atomic mass is 15.2. The minimum atomic E-state index is 0.702. The largest absolute Gasteiger partial charge is 0.311 e. The zero-order chi connectivity index (χ0) is 11.1. The molecule has 0 saturated carbocycles. The van der Waals surface area contributed by atoms with Crippen LogP contribution in [-0.4, -0.2) is 62.7 Å². The van der Waals surface area contributed by atoms with Crippen molar-refractivity contribution in [3.8, 4) is 0 Å². The molecule has 1 fully saturated rings. The van der Waals surface area contributed by atoms with Crippen LogP contribution in [0.15, 0.2) is 0 Å². The molecule has 0 aromatic heterocycles. The van der Waals surface area contributed by atoms with Gasteiger partial charge in [0, 0.05) is 25.7 Å². The lowest BCUT2D eigenvalue weighted by Crippen LogP contribution is -2.49. The zero-order valence-electron chi connectivity index (χ0n) is 10.6. The van der Waals surface area contributed by atoms with Crippen molar-refractivity contribution in [1.29, 1.82) is 0 Å². The van der Waals surface area contributed by atoms with E-state index >= 15 is 0 Å². The second-order valence-corrected chi connectivity index (χ2v) is 4.86. The Bertz CT molecular complexity index is 161. The summed E-state index contributed by atoms with van der Waals surface area (Å²) >= 11 is 0. The van der Waals surface area contributed by atoms with Gasteiger partial charge in [0.25, 0.3) is 0 Å². The number of hydrogen-bond acceptors (Lipinski definition) is 3. The average Bonchev–Trinajstić information content (AvgIpc) is 2.23. The first kappa shape index (κ1) is 12.9. The van der Waals surface area contributed by atoms with Crippen LogP contribution in [0.5, 0.6) is 0 Å². The third-order valence-electron chi connectivity index (χ3n) is 3.21. The Morgan fingerprint density at radius 3 is 2.87 bits per heavy atom. The van der Waals surface area contributed by atoms with E-state index in [-0.39, 0.29) is 0 Å². The molecule has 1 rings (SSSR count). The Balaban J connectivity index is 2.07. The summed E-state index contributed by atoms with van der Waals surface area (Å²) in [6, 6.07) is 0.702. The molecule has 0 bridgehead atoms. The SMILES string of the molecule is CCCCN(C)CCC1CN(C)CCN1. The first-order valence-corrected chi connectivity index (χ1v) is 6.33. The molecule has 0 spiro atoms. The zero-order valence-corrected chi connectivity index (χ0v) is 10.6. The molecule has 0 radical (unpaired) electrons. The van der Waals surface area contributed by atoms with Crippen LogP contribution in [0.3, 0.4) is 0 Å². The van der Waals surface area contributed by atoms with Crippen LogP contribution in [0, 0.1) is 0 Å². The van der Waals surface area contributed by atoms with Crippen LogP contribution in [-0.2, 0) is 0 Å². The third-order valence-corrected chi connectivity index (χ3v) is 3.21. The molecule has 90 valence electrons. The molecule has 3 nitrogen and oxygen atoms in total. The first-order chi connectivity index (χ1) is 7.22. The van der Waals surface area contributed by atoms with Gasteiger partial charge in [-0.2, -0.15) is 0 Å². The molecule has 1 saturated heterocycles. The van der Waals surface area contributed by atoms with Crippen molar-refractivity contribution in [2.75, 3.05) is 46.8 Å². The summed E-state index contributed by atoms with van der Waals surface area (Å²) < 4.78 is 0. The highest BCUT2D eigenvalue weighted by Crippen LogP contribution is 2.02. The summed E-state index contributed by atoms with van der Waals surface area (Å²) in [5.74, 6) is 0. The summed E-state index contributed by atoms with van der Waals surface area (Å²) in [6.07, 6.45) is 3.91. The van der Waals surface area contributed by atoms with Crippen molar-refractivity contribution in [2.45, 2.75) is 32.2 Å². The Morgan fingerprint density at radius 1 is 1.40 bits per heavy atom. The van der Waals surface area contributed by atoms with Gasteiger partial charge in [-0.3, -0.25) is 0 Å². The molecule has 0 aliphatic carbocycles. The van der Waals surface area contributed by atoms with Crippen LogP contribution in [0.25, 0.3) is 0 Å². The van der Waals surface area contributed by atoms with E-state index in [0.29, 0.717) is 6.04 Å². The van der Waals surface area contributed by atoms with E-state index in [0.717, 1.165) is 6.54 Å². The van der Waals surface area contributed by atoms with E-state index < -0.39 is 0 Å². The lowest BCUT2D eigenvalue weighted by molar-refractivity contribution is 0.213. The Labute approximate surface area is 94.8 Å². The number of hydrogen-bond donors (Lipinski definition) is 1. The van der Waals surface area contributed by atoms with Gasteiger partial charge in [0.05, 0.1) is 0 Å².